The molecule has 1 heterocycles. The number of rotatable bonds is 2. The number of benzene rings is 2. The number of carbonyl (C=O) groups excluding carboxylic acids is 1. The molecule has 2 aromatic rings. The van der Waals surface area contributed by atoms with E-state index >= 15 is 0 Å². The van der Waals surface area contributed by atoms with E-state index in [4.69, 9.17) is 0 Å². The number of amides is 1. The lowest BCUT2D eigenvalue weighted by Crippen LogP contribution is -2.38. The van der Waals surface area contributed by atoms with Crippen LogP contribution in [0, 0.1) is 0 Å². The Kier molecular flexibility index (Phi) is 3.85. The molecule has 3 rings (SSSR count). The van der Waals surface area contributed by atoms with Crippen molar-refractivity contribution < 1.29 is 4.79 Å². The summed E-state index contributed by atoms with van der Waals surface area (Å²) < 4.78 is 0.887. The van der Waals surface area contributed by atoms with E-state index in [2.05, 4.69) is 32.6 Å². The van der Waals surface area contributed by atoms with Gasteiger partial charge in [0.2, 0.25) is 5.91 Å². The summed E-state index contributed by atoms with van der Waals surface area (Å²) in [6.07, 6.45) is 0.967. The summed E-state index contributed by atoms with van der Waals surface area (Å²) >= 11 is 3.45. The summed E-state index contributed by atoms with van der Waals surface area (Å²) in [6, 6.07) is 15.5. The maximum absolute atomic E-state index is 12.5. The first-order valence-corrected chi connectivity index (χ1v) is 7.41. The third kappa shape index (κ3) is 2.62. The van der Waals surface area contributed by atoms with E-state index < -0.39 is 0 Å². The molecule has 1 aliphatic rings. The van der Waals surface area contributed by atoms with Gasteiger partial charge >= 0.3 is 0 Å². The Morgan fingerprint density at radius 2 is 1.90 bits per heavy atom. The minimum absolute atomic E-state index is 0.0240. The number of para-hydroxylation sites is 1. The highest BCUT2D eigenvalue weighted by atomic mass is 79.9. The lowest BCUT2D eigenvalue weighted by molar-refractivity contribution is -0.118. The number of halogens is 1. The second-order valence-electron chi connectivity index (χ2n) is 4.81. The lowest BCUT2D eigenvalue weighted by Gasteiger charge is -2.26. The molecule has 1 amide bonds. The van der Waals surface area contributed by atoms with Gasteiger partial charge in [-0.15, -0.1) is 0 Å². The van der Waals surface area contributed by atoms with Crippen LogP contribution in [-0.2, 0) is 11.2 Å². The van der Waals surface area contributed by atoms with Crippen molar-refractivity contribution in [3.8, 4) is 0 Å². The summed E-state index contributed by atoms with van der Waals surface area (Å²) in [7, 11) is 0. The van der Waals surface area contributed by atoms with Gasteiger partial charge in [0.1, 0.15) is 6.04 Å². The smallest absolute Gasteiger partial charge is 0.246 e. The number of hydrogen-bond acceptors (Lipinski definition) is 2. The Labute approximate surface area is 126 Å². The van der Waals surface area contributed by atoms with Crippen LogP contribution in [0.5, 0.6) is 0 Å². The Balaban J connectivity index is 1.84. The van der Waals surface area contributed by atoms with Crippen molar-refractivity contribution in [2.45, 2.75) is 12.5 Å². The van der Waals surface area contributed by atoms with E-state index in [1.54, 1.807) is 0 Å². The fourth-order valence-corrected chi connectivity index (χ4v) is 2.89. The van der Waals surface area contributed by atoms with Crippen molar-refractivity contribution in [2.75, 3.05) is 11.9 Å². The van der Waals surface area contributed by atoms with Gasteiger partial charge in [-0.2, -0.15) is 0 Å². The van der Waals surface area contributed by atoms with Gasteiger partial charge in [0.15, 0.2) is 0 Å². The van der Waals surface area contributed by atoms with Crippen molar-refractivity contribution in [3.05, 3.63) is 64.1 Å². The monoisotopic (exact) mass is 330 g/mol. The van der Waals surface area contributed by atoms with Crippen molar-refractivity contribution in [1.82, 2.24) is 5.32 Å². The highest BCUT2D eigenvalue weighted by Crippen LogP contribution is 2.26. The predicted molar refractivity (Wildman–Crippen MR) is 83.7 cm³/mol. The average Bonchev–Trinajstić information content (AvgIpc) is 2.49. The first-order valence-electron chi connectivity index (χ1n) is 6.62. The molecule has 0 aromatic heterocycles. The molecule has 4 heteroatoms. The van der Waals surface area contributed by atoms with Crippen molar-refractivity contribution in [2.24, 2.45) is 0 Å². The summed E-state index contributed by atoms with van der Waals surface area (Å²) in [5.74, 6) is -0.0240. The predicted octanol–water partition coefficient (Wildman–Crippen LogP) is 3.27. The molecule has 2 aromatic carbocycles. The molecule has 1 aliphatic heterocycles. The summed E-state index contributed by atoms with van der Waals surface area (Å²) in [6.45, 7) is 0.824. The maximum Gasteiger partial charge on any atom is 0.246 e. The Bertz CT molecular complexity index is 642. The normalized spacial score (nSPS) is 17.4. The van der Waals surface area contributed by atoms with Crippen molar-refractivity contribution >= 4 is 27.5 Å². The molecule has 0 saturated heterocycles. The Morgan fingerprint density at radius 1 is 1.15 bits per heavy atom. The summed E-state index contributed by atoms with van der Waals surface area (Å²) in [5, 5.41) is 6.26. The fraction of sp³-hybridized carbons (Fsp3) is 0.188. The van der Waals surface area contributed by atoms with Gasteiger partial charge in [-0.3, -0.25) is 4.79 Å². The van der Waals surface area contributed by atoms with E-state index in [1.165, 1.54) is 5.56 Å². The standard InChI is InChI=1S/C16H15BrN2O/c17-13-7-3-4-8-14(13)19-16(20)15-12-6-2-1-5-11(12)9-10-18-15/h1-8,15,18H,9-10H2,(H,19,20). The van der Waals surface area contributed by atoms with Crippen LogP contribution in [0.1, 0.15) is 17.2 Å². The molecule has 0 bridgehead atoms. The number of carbonyl (C=O) groups is 1. The topological polar surface area (TPSA) is 41.1 Å². The fourth-order valence-electron chi connectivity index (χ4n) is 2.51. The van der Waals surface area contributed by atoms with Crippen LogP contribution >= 0.6 is 15.9 Å². The van der Waals surface area contributed by atoms with E-state index in [0.29, 0.717) is 0 Å². The molecule has 0 spiro atoms. The van der Waals surface area contributed by atoms with Crippen LogP contribution in [0.3, 0.4) is 0 Å². The van der Waals surface area contributed by atoms with E-state index in [-0.39, 0.29) is 11.9 Å². The average molecular weight is 331 g/mol. The molecule has 0 aliphatic carbocycles. The largest absolute Gasteiger partial charge is 0.323 e. The van der Waals surface area contributed by atoms with Gasteiger partial charge in [-0.25, -0.2) is 0 Å². The molecular formula is C16H15BrN2O. The van der Waals surface area contributed by atoms with Gasteiger partial charge < -0.3 is 10.6 Å². The lowest BCUT2D eigenvalue weighted by atomic mass is 9.94. The van der Waals surface area contributed by atoms with E-state index in [9.17, 15) is 4.79 Å². The zero-order chi connectivity index (χ0) is 13.9. The summed E-state index contributed by atoms with van der Waals surface area (Å²) in [4.78, 5) is 12.5. The van der Waals surface area contributed by atoms with E-state index in [0.717, 1.165) is 28.7 Å². The van der Waals surface area contributed by atoms with Crippen molar-refractivity contribution in [1.29, 1.82) is 0 Å². The van der Waals surface area contributed by atoms with Crippen LogP contribution in [0.2, 0.25) is 0 Å². The summed E-state index contributed by atoms with van der Waals surface area (Å²) in [5.41, 5.74) is 3.11. The zero-order valence-electron chi connectivity index (χ0n) is 10.9. The van der Waals surface area contributed by atoms with Gasteiger partial charge in [0.25, 0.3) is 0 Å². The second-order valence-corrected chi connectivity index (χ2v) is 5.66. The van der Waals surface area contributed by atoms with Gasteiger partial charge in [0.05, 0.1) is 5.69 Å². The molecule has 0 fully saturated rings. The van der Waals surface area contributed by atoms with Gasteiger partial charge in [-0.1, -0.05) is 36.4 Å². The number of nitrogens with one attached hydrogen (secondary N) is 2. The van der Waals surface area contributed by atoms with Crippen LogP contribution in [0.4, 0.5) is 5.69 Å². The molecule has 1 unspecified atom stereocenters. The molecule has 0 radical (unpaired) electrons. The van der Waals surface area contributed by atoms with Crippen molar-refractivity contribution in [3.63, 3.8) is 0 Å². The minimum Gasteiger partial charge on any atom is -0.323 e. The first kappa shape index (κ1) is 13.3. The van der Waals surface area contributed by atoms with Crippen LogP contribution < -0.4 is 10.6 Å². The van der Waals surface area contributed by atoms with Gasteiger partial charge in [-0.05, 0) is 45.6 Å². The molecule has 0 saturated carbocycles. The SMILES string of the molecule is O=C(Nc1ccccc1Br)C1NCCc2ccccc21. The second kappa shape index (κ2) is 5.77. The number of fused-ring (bicyclic) bond motifs is 1. The number of hydrogen-bond donors (Lipinski definition) is 2. The quantitative estimate of drug-likeness (QED) is 0.887. The van der Waals surface area contributed by atoms with Crippen LogP contribution in [0.15, 0.2) is 53.0 Å². The Hall–Kier alpha value is -1.65. The third-order valence-corrected chi connectivity index (χ3v) is 4.19. The van der Waals surface area contributed by atoms with Gasteiger partial charge in [0, 0.05) is 11.0 Å². The first-order chi connectivity index (χ1) is 9.75. The molecule has 20 heavy (non-hydrogen) atoms. The maximum atomic E-state index is 12.5. The van der Waals surface area contributed by atoms with E-state index in [1.807, 2.05) is 42.5 Å². The Morgan fingerprint density at radius 3 is 2.75 bits per heavy atom. The molecule has 1 atom stereocenters. The zero-order valence-corrected chi connectivity index (χ0v) is 12.5. The minimum atomic E-state index is -0.285. The molecular weight excluding hydrogens is 316 g/mol. The number of anilines is 1. The molecule has 3 nitrogen and oxygen atoms in total. The highest BCUT2D eigenvalue weighted by Gasteiger charge is 2.25. The van der Waals surface area contributed by atoms with Crippen LogP contribution in [0.25, 0.3) is 0 Å². The molecule has 102 valence electrons. The molecule has 2 N–H and O–H groups in total. The van der Waals surface area contributed by atoms with Crippen LogP contribution in [-0.4, -0.2) is 12.5 Å². The third-order valence-electron chi connectivity index (χ3n) is 3.50. The highest BCUT2D eigenvalue weighted by molar-refractivity contribution is 9.10.